The molecule has 0 spiro atoms. The van der Waals surface area contributed by atoms with Crippen molar-refractivity contribution in [2.45, 2.75) is 38.8 Å². The van der Waals surface area contributed by atoms with E-state index in [2.05, 4.69) is 10.6 Å². The van der Waals surface area contributed by atoms with Crippen molar-refractivity contribution >= 4 is 23.5 Å². The standard InChI is InChI=1S/C19H26N4O4/c1-3-13(4-2)21-18(25)16-11-22(14-7-5-6-8-15(14)27-16)12-17(24)23-10-9-20-19(23)26/h5-8,13,16H,3-4,9-12H2,1-2H3,(H,20,26)(H,21,25). The monoisotopic (exact) mass is 374 g/mol. The maximum atomic E-state index is 12.7. The molecule has 1 aromatic carbocycles. The van der Waals surface area contributed by atoms with Crippen LogP contribution in [0.3, 0.4) is 0 Å². The number of amides is 4. The number of fused-ring (bicyclic) bond motifs is 1. The molecule has 146 valence electrons. The van der Waals surface area contributed by atoms with Gasteiger partial charge in [0.1, 0.15) is 5.75 Å². The van der Waals surface area contributed by atoms with Crippen LogP contribution in [0.25, 0.3) is 0 Å². The summed E-state index contributed by atoms with van der Waals surface area (Å²) in [6.07, 6.45) is 0.982. The number of carbonyl (C=O) groups is 3. The van der Waals surface area contributed by atoms with Crippen LogP contribution in [0.5, 0.6) is 5.75 Å². The number of imide groups is 1. The summed E-state index contributed by atoms with van der Waals surface area (Å²) in [5, 5.41) is 5.63. The highest BCUT2D eigenvalue weighted by atomic mass is 16.5. The quantitative estimate of drug-likeness (QED) is 0.778. The van der Waals surface area contributed by atoms with Gasteiger partial charge in [-0.3, -0.25) is 14.5 Å². The third-order valence-electron chi connectivity index (χ3n) is 4.97. The first kappa shape index (κ1) is 19.0. The Bertz CT molecular complexity index is 719. The van der Waals surface area contributed by atoms with Gasteiger partial charge in [-0.2, -0.15) is 0 Å². The molecule has 1 saturated heterocycles. The summed E-state index contributed by atoms with van der Waals surface area (Å²) in [5.74, 6) is 0.0857. The van der Waals surface area contributed by atoms with Crippen molar-refractivity contribution in [3.8, 4) is 5.75 Å². The predicted molar refractivity (Wildman–Crippen MR) is 101 cm³/mol. The Kier molecular flexibility index (Phi) is 5.83. The predicted octanol–water partition coefficient (Wildman–Crippen LogP) is 1.11. The van der Waals surface area contributed by atoms with Gasteiger partial charge in [0, 0.05) is 19.1 Å². The van der Waals surface area contributed by atoms with Gasteiger partial charge in [-0.15, -0.1) is 0 Å². The average molecular weight is 374 g/mol. The fourth-order valence-electron chi connectivity index (χ4n) is 3.34. The van der Waals surface area contributed by atoms with Crippen molar-refractivity contribution in [3.63, 3.8) is 0 Å². The molecule has 0 aromatic heterocycles. The smallest absolute Gasteiger partial charge is 0.324 e. The number of para-hydroxylation sites is 2. The van der Waals surface area contributed by atoms with Gasteiger partial charge in [0.2, 0.25) is 5.91 Å². The minimum absolute atomic E-state index is 0.0164. The van der Waals surface area contributed by atoms with E-state index in [1.54, 1.807) is 6.07 Å². The molecule has 2 aliphatic rings. The molecular formula is C19H26N4O4. The number of nitrogens with one attached hydrogen (secondary N) is 2. The zero-order valence-corrected chi connectivity index (χ0v) is 15.7. The number of nitrogens with zero attached hydrogens (tertiary/aromatic N) is 2. The van der Waals surface area contributed by atoms with Crippen LogP contribution in [0, 0.1) is 0 Å². The van der Waals surface area contributed by atoms with Crippen molar-refractivity contribution in [2.24, 2.45) is 0 Å². The van der Waals surface area contributed by atoms with E-state index in [4.69, 9.17) is 4.74 Å². The molecule has 27 heavy (non-hydrogen) atoms. The van der Waals surface area contributed by atoms with Crippen LogP contribution >= 0.6 is 0 Å². The van der Waals surface area contributed by atoms with Crippen LogP contribution in [0.15, 0.2) is 24.3 Å². The summed E-state index contributed by atoms with van der Waals surface area (Å²) in [4.78, 5) is 40.0. The second-order valence-corrected chi connectivity index (χ2v) is 6.75. The summed E-state index contributed by atoms with van der Waals surface area (Å²) in [6.45, 7) is 5.15. The molecule has 0 radical (unpaired) electrons. The second-order valence-electron chi connectivity index (χ2n) is 6.75. The first-order chi connectivity index (χ1) is 13.0. The van der Waals surface area contributed by atoms with Crippen molar-refractivity contribution < 1.29 is 19.1 Å². The molecule has 1 aromatic rings. The topological polar surface area (TPSA) is 91.0 Å². The number of rotatable bonds is 6. The molecule has 0 bridgehead atoms. The van der Waals surface area contributed by atoms with E-state index in [0.29, 0.717) is 18.8 Å². The Labute approximate surface area is 158 Å². The van der Waals surface area contributed by atoms with E-state index >= 15 is 0 Å². The van der Waals surface area contributed by atoms with Crippen LogP contribution in [0.1, 0.15) is 26.7 Å². The molecule has 4 amide bonds. The number of urea groups is 1. The highest BCUT2D eigenvalue weighted by Crippen LogP contribution is 2.33. The minimum Gasteiger partial charge on any atom is -0.477 e. The fourth-order valence-corrected chi connectivity index (χ4v) is 3.34. The third-order valence-corrected chi connectivity index (χ3v) is 4.97. The van der Waals surface area contributed by atoms with Crippen molar-refractivity contribution in [3.05, 3.63) is 24.3 Å². The molecule has 3 rings (SSSR count). The zero-order chi connectivity index (χ0) is 19.4. The Hall–Kier alpha value is -2.77. The molecule has 2 aliphatic heterocycles. The van der Waals surface area contributed by atoms with E-state index in [0.717, 1.165) is 18.5 Å². The molecule has 2 heterocycles. The molecule has 8 nitrogen and oxygen atoms in total. The van der Waals surface area contributed by atoms with Crippen LogP contribution < -0.4 is 20.3 Å². The van der Waals surface area contributed by atoms with E-state index in [-0.39, 0.29) is 37.0 Å². The Morgan fingerprint density at radius 2 is 2.04 bits per heavy atom. The number of benzene rings is 1. The number of hydrogen-bond acceptors (Lipinski definition) is 5. The SMILES string of the molecule is CCC(CC)NC(=O)C1CN(CC(=O)N2CCNC2=O)c2ccccc2O1. The van der Waals surface area contributed by atoms with Gasteiger partial charge in [0.25, 0.3) is 5.91 Å². The van der Waals surface area contributed by atoms with Crippen molar-refractivity contribution in [1.29, 1.82) is 0 Å². The van der Waals surface area contributed by atoms with Crippen LogP contribution in [0.4, 0.5) is 10.5 Å². The first-order valence-corrected chi connectivity index (χ1v) is 9.42. The normalized spacial score (nSPS) is 18.8. The lowest BCUT2D eigenvalue weighted by Crippen LogP contribution is -2.53. The maximum Gasteiger partial charge on any atom is 0.324 e. The van der Waals surface area contributed by atoms with Gasteiger partial charge < -0.3 is 20.3 Å². The molecule has 1 fully saturated rings. The summed E-state index contributed by atoms with van der Waals surface area (Å²) in [5.41, 5.74) is 0.747. The van der Waals surface area contributed by atoms with Gasteiger partial charge in [-0.25, -0.2) is 4.79 Å². The maximum absolute atomic E-state index is 12.7. The lowest BCUT2D eigenvalue weighted by Gasteiger charge is -2.36. The average Bonchev–Trinajstić information content (AvgIpc) is 3.11. The van der Waals surface area contributed by atoms with Crippen molar-refractivity contribution in [2.75, 3.05) is 31.1 Å². The Morgan fingerprint density at radius 3 is 2.70 bits per heavy atom. The molecule has 8 heteroatoms. The van der Waals surface area contributed by atoms with Gasteiger partial charge in [0.05, 0.1) is 18.8 Å². The highest BCUT2D eigenvalue weighted by Gasteiger charge is 2.34. The molecule has 1 unspecified atom stereocenters. The van der Waals surface area contributed by atoms with Gasteiger partial charge in [-0.05, 0) is 25.0 Å². The Balaban J connectivity index is 1.75. The summed E-state index contributed by atoms with van der Waals surface area (Å²) < 4.78 is 5.88. The highest BCUT2D eigenvalue weighted by molar-refractivity contribution is 5.98. The molecule has 0 saturated carbocycles. The molecule has 0 aliphatic carbocycles. The van der Waals surface area contributed by atoms with Gasteiger partial charge >= 0.3 is 6.03 Å². The first-order valence-electron chi connectivity index (χ1n) is 9.42. The number of carbonyl (C=O) groups excluding carboxylic acids is 3. The second kappa shape index (κ2) is 8.28. The summed E-state index contributed by atoms with van der Waals surface area (Å²) in [7, 11) is 0. The summed E-state index contributed by atoms with van der Waals surface area (Å²) >= 11 is 0. The Morgan fingerprint density at radius 1 is 1.30 bits per heavy atom. The van der Waals surface area contributed by atoms with Crippen LogP contribution in [-0.2, 0) is 9.59 Å². The lowest BCUT2D eigenvalue weighted by atomic mass is 10.1. The fraction of sp³-hybridized carbons (Fsp3) is 0.526. The number of hydrogen-bond donors (Lipinski definition) is 2. The third kappa shape index (κ3) is 4.15. The summed E-state index contributed by atoms with van der Waals surface area (Å²) in [6, 6.07) is 7.04. The van der Waals surface area contributed by atoms with Crippen molar-refractivity contribution in [1.82, 2.24) is 15.5 Å². The number of ether oxygens (including phenoxy) is 1. The lowest BCUT2D eigenvalue weighted by molar-refractivity contribution is -0.130. The largest absolute Gasteiger partial charge is 0.477 e. The molecule has 2 N–H and O–H groups in total. The van der Waals surface area contributed by atoms with E-state index in [1.165, 1.54) is 4.90 Å². The van der Waals surface area contributed by atoms with Gasteiger partial charge in [0.15, 0.2) is 6.10 Å². The van der Waals surface area contributed by atoms with Crippen LogP contribution in [0.2, 0.25) is 0 Å². The van der Waals surface area contributed by atoms with E-state index < -0.39 is 6.10 Å². The van der Waals surface area contributed by atoms with E-state index in [1.807, 2.05) is 36.9 Å². The molecule has 1 atom stereocenters. The van der Waals surface area contributed by atoms with E-state index in [9.17, 15) is 14.4 Å². The number of anilines is 1. The van der Waals surface area contributed by atoms with Crippen LogP contribution in [-0.4, -0.2) is 61.1 Å². The zero-order valence-electron chi connectivity index (χ0n) is 15.7. The minimum atomic E-state index is -0.708. The molecular weight excluding hydrogens is 348 g/mol. The van der Waals surface area contributed by atoms with Gasteiger partial charge in [-0.1, -0.05) is 26.0 Å².